The number of benzene rings is 2. The van der Waals surface area contributed by atoms with Gasteiger partial charge in [-0.2, -0.15) is 9.50 Å². The Morgan fingerprint density at radius 2 is 1.77 bits per heavy atom. The first kappa shape index (κ1) is 16.7. The van der Waals surface area contributed by atoms with E-state index < -0.39 is 0 Å². The van der Waals surface area contributed by atoms with Crippen LogP contribution in [0.5, 0.6) is 11.5 Å². The number of fused-ring (bicyclic) bond motifs is 4. The third-order valence-electron chi connectivity index (χ3n) is 5.07. The Hall–Kier alpha value is -4.20. The van der Waals surface area contributed by atoms with Crippen LogP contribution >= 0.6 is 0 Å². The van der Waals surface area contributed by atoms with E-state index in [2.05, 4.69) is 15.1 Å². The Balaban J connectivity index is 1.51. The van der Waals surface area contributed by atoms with E-state index in [1.54, 1.807) is 21.5 Å². The van der Waals surface area contributed by atoms with Crippen LogP contribution < -0.4 is 15.0 Å². The molecule has 8 nitrogen and oxygen atoms in total. The van der Waals surface area contributed by atoms with Crippen LogP contribution in [0.3, 0.4) is 0 Å². The van der Waals surface area contributed by atoms with Crippen LogP contribution in [0.2, 0.25) is 0 Å². The van der Waals surface area contributed by atoms with Crippen LogP contribution in [0, 0.1) is 0 Å². The van der Waals surface area contributed by atoms with Crippen molar-refractivity contribution < 1.29 is 9.47 Å². The molecule has 2 aromatic carbocycles. The SMILES string of the molecule is O=c1c2cnc3nc(-c4ccc5c(c4)OCCO5)nn3c2ccn1-c1ccccc1. The molecular formula is C22H15N5O3. The molecule has 0 radical (unpaired) electrons. The van der Waals surface area contributed by atoms with Gasteiger partial charge in [-0.05, 0) is 36.4 Å². The average Bonchev–Trinajstić information content (AvgIpc) is 3.24. The molecule has 0 N–H and O–H groups in total. The molecule has 1 aliphatic heterocycles. The van der Waals surface area contributed by atoms with E-state index >= 15 is 0 Å². The molecule has 1 aliphatic rings. The Bertz CT molecular complexity index is 1470. The lowest BCUT2D eigenvalue weighted by Gasteiger charge is -2.18. The van der Waals surface area contributed by atoms with Crippen molar-refractivity contribution in [3.05, 3.63) is 77.3 Å². The van der Waals surface area contributed by atoms with Crippen molar-refractivity contribution in [1.82, 2.24) is 24.1 Å². The van der Waals surface area contributed by atoms with Gasteiger partial charge >= 0.3 is 0 Å². The molecule has 0 amide bonds. The Labute approximate surface area is 170 Å². The summed E-state index contributed by atoms with van der Waals surface area (Å²) in [5.74, 6) is 2.29. The van der Waals surface area contributed by atoms with Gasteiger partial charge in [0.25, 0.3) is 11.3 Å². The van der Waals surface area contributed by atoms with Crippen molar-refractivity contribution in [3.8, 4) is 28.6 Å². The molecule has 5 aromatic rings. The van der Waals surface area contributed by atoms with Crippen molar-refractivity contribution >= 4 is 16.7 Å². The standard InChI is InChI=1S/C22H15N5O3/c28-21-16-13-23-22-24-20(14-6-7-18-19(12-14)30-11-10-29-18)25-27(22)17(16)8-9-26(21)15-4-2-1-3-5-15/h1-9,12-13H,10-11H2. The van der Waals surface area contributed by atoms with Gasteiger partial charge in [0.05, 0.1) is 10.9 Å². The second-order valence-corrected chi connectivity index (χ2v) is 6.89. The number of ether oxygens (including phenoxy) is 2. The van der Waals surface area contributed by atoms with E-state index in [0.717, 1.165) is 11.3 Å². The summed E-state index contributed by atoms with van der Waals surface area (Å²) < 4.78 is 14.4. The molecule has 3 aromatic heterocycles. The number of aromatic nitrogens is 5. The summed E-state index contributed by atoms with van der Waals surface area (Å²) in [7, 11) is 0. The number of hydrogen-bond donors (Lipinski definition) is 0. The fourth-order valence-corrected chi connectivity index (χ4v) is 3.62. The average molecular weight is 397 g/mol. The van der Waals surface area contributed by atoms with Crippen LogP contribution in [0.25, 0.3) is 33.8 Å². The fraction of sp³-hybridized carbons (Fsp3) is 0.0909. The second kappa shape index (κ2) is 6.41. The van der Waals surface area contributed by atoms with Crippen molar-refractivity contribution in [2.24, 2.45) is 0 Å². The maximum Gasteiger partial charge on any atom is 0.266 e. The smallest absolute Gasteiger partial charge is 0.266 e. The van der Waals surface area contributed by atoms with Gasteiger partial charge in [-0.25, -0.2) is 4.98 Å². The molecule has 0 saturated heterocycles. The van der Waals surface area contributed by atoms with Gasteiger partial charge in [0, 0.05) is 23.6 Å². The van der Waals surface area contributed by atoms with Crippen molar-refractivity contribution in [2.45, 2.75) is 0 Å². The molecule has 4 heterocycles. The Kier molecular flexibility index (Phi) is 3.58. The predicted molar refractivity (Wildman–Crippen MR) is 110 cm³/mol. The first-order valence-corrected chi connectivity index (χ1v) is 9.50. The zero-order chi connectivity index (χ0) is 20.1. The number of rotatable bonds is 2. The Morgan fingerprint density at radius 3 is 2.63 bits per heavy atom. The normalized spacial score (nSPS) is 13.1. The molecule has 0 bridgehead atoms. The van der Waals surface area contributed by atoms with Crippen molar-refractivity contribution in [1.29, 1.82) is 0 Å². The topological polar surface area (TPSA) is 83.5 Å². The molecule has 0 fully saturated rings. The van der Waals surface area contributed by atoms with Gasteiger partial charge in [0.15, 0.2) is 17.3 Å². The largest absolute Gasteiger partial charge is 0.486 e. The van der Waals surface area contributed by atoms with E-state index in [1.165, 1.54) is 0 Å². The van der Waals surface area contributed by atoms with E-state index in [0.29, 0.717) is 47.2 Å². The lowest BCUT2D eigenvalue weighted by molar-refractivity contribution is 0.171. The quantitative estimate of drug-likeness (QED) is 0.456. The fourth-order valence-electron chi connectivity index (χ4n) is 3.62. The third kappa shape index (κ3) is 2.54. The molecule has 0 unspecified atom stereocenters. The summed E-state index contributed by atoms with van der Waals surface area (Å²) in [5.41, 5.74) is 2.06. The summed E-state index contributed by atoms with van der Waals surface area (Å²) >= 11 is 0. The zero-order valence-electron chi connectivity index (χ0n) is 15.7. The molecule has 0 spiro atoms. The minimum atomic E-state index is -0.163. The summed E-state index contributed by atoms with van der Waals surface area (Å²) in [5, 5.41) is 5.07. The van der Waals surface area contributed by atoms with Gasteiger partial charge in [-0.15, -0.1) is 5.10 Å². The molecule has 146 valence electrons. The van der Waals surface area contributed by atoms with Gasteiger partial charge in [0.1, 0.15) is 13.2 Å². The van der Waals surface area contributed by atoms with Crippen LogP contribution in [-0.4, -0.2) is 37.4 Å². The van der Waals surface area contributed by atoms with Crippen molar-refractivity contribution in [3.63, 3.8) is 0 Å². The minimum absolute atomic E-state index is 0.163. The van der Waals surface area contributed by atoms with Crippen LogP contribution in [0.15, 0.2) is 71.8 Å². The third-order valence-corrected chi connectivity index (χ3v) is 5.07. The van der Waals surface area contributed by atoms with E-state index in [9.17, 15) is 4.79 Å². The minimum Gasteiger partial charge on any atom is -0.486 e. The number of nitrogens with zero attached hydrogens (tertiary/aromatic N) is 5. The Morgan fingerprint density at radius 1 is 0.933 bits per heavy atom. The van der Waals surface area contributed by atoms with Gasteiger partial charge in [0.2, 0.25) is 0 Å². The maximum absolute atomic E-state index is 13.0. The van der Waals surface area contributed by atoms with Gasteiger partial charge < -0.3 is 9.47 Å². The monoisotopic (exact) mass is 397 g/mol. The summed E-state index contributed by atoms with van der Waals surface area (Å²) in [6.45, 7) is 1.05. The summed E-state index contributed by atoms with van der Waals surface area (Å²) in [6, 6.07) is 16.9. The van der Waals surface area contributed by atoms with Crippen LogP contribution in [0.1, 0.15) is 0 Å². The lowest BCUT2D eigenvalue weighted by atomic mass is 10.2. The molecule has 8 heteroatoms. The zero-order valence-corrected chi connectivity index (χ0v) is 15.7. The predicted octanol–water partition coefficient (Wildman–Crippen LogP) is 2.87. The number of para-hydroxylation sites is 1. The molecule has 0 atom stereocenters. The highest BCUT2D eigenvalue weighted by atomic mass is 16.6. The molecule has 0 aliphatic carbocycles. The highest BCUT2D eigenvalue weighted by molar-refractivity contribution is 5.79. The molecular weight excluding hydrogens is 382 g/mol. The highest BCUT2D eigenvalue weighted by Gasteiger charge is 2.16. The lowest BCUT2D eigenvalue weighted by Crippen LogP contribution is -2.18. The summed E-state index contributed by atoms with van der Waals surface area (Å²) in [4.78, 5) is 21.9. The molecule has 0 saturated carbocycles. The number of pyridine rings is 1. The second-order valence-electron chi connectivity index (χ2n) is 6.89. The number of hydrogen-bond acceptors (Lipinski definition) is 6. The first-order valence-electron chi connectivity index (χ1n) is 9.50. The highest BCUT2D eigenvalue weighted by Crippen LogP contribution is 2.33. The van der Waals surface area contributed by atoms with E-state index in [-0.39, 0.29) is 5.56 Å². The maximum atomic E-state index is 13.0. The van der Waals surface area contributed by atoms with Crippen molar-refractivity contribution in [2.75, 3.05) is 13.2 Å². The van der Waals surface area contributed by atoms with Gasteiger partial charge in [-0.1, -0.05) is 18.2 Å². The van der Waals surface area contributed by atoms with Gasteiger partial charge in [-0.3, -0.25) is 9.36 Å². The van der Waals surface area contributed by atoms with Crippen LogP contribution in [0.4, 0.5) is 0 Å². The molecule has 6 rings (SSSR count). The van der Waals surface area contributed by atoms with Crippen LogP contribution in [-0.2, 0) is 0 Å². The molecule has 30 heavy (non-hydrogen) atoms. The van der Waals surface area contributed by atoms with E-state index in [4.69, 9.17) is 9.47 Å². The summed E-state index contributed by atoms with van der Waals surface area (Å²) in [6.07, 6.45) is 3.29. The van der Waals surface area contributed by atoms with E-state index in [1.807, 2.05) is 54.6 Å². The first-order chi connectivity index (χ1) is 14.8.